The smallest absolute Gasteiger partial charge is 0.326 e. The fourth-order valence-corrected chi connectivity index (χ4v) is 2.07. The van der Waals surface area contributed by atoms with Gasteiger partial charge < -0.3 is 19.8 Å². The summed E-state index contributed by atoms with van der Waals surface area (Å²) in [6, 6.07) is 2.04. The van der Waals surface area contributed by atoms with Crippen molar-refractivity contribution in [3.63, 3.8) is 0 Å². The van der Waals surface area contributed by atoms with E-state index in [4.69, 9.17) is 9.84 Å². The molecular weight excluding hydrogens is 252 g/mol. The van der Waals surface area contributed by atoms with Crippen LogP contribution in [0.15, 0.2) is 18.3 Å². The third kappa shape index (κ3) is 2.65. The van der Waals surface area contributed by atoms with Crippen molar-refractivity contribution in [1.29, 1.82) is 0 Å². The summed E-state index contributed by atoms with van der Waals surface area (Å²) in [7, 11) is 1.46. The highest BCUT2D eigenvalue weighted by molar-refractivity contribution is 5.96. The van der Waals surface area contributed by atoms with Crippen LogP contribution >= 0.6 is 0 Å². The predicted octanol–water partition coefficient (Wildman–Crippen LogP) is -0.250. The number of aliphatic hydroxyl groups is 1. The van der Waals surface area contributed by atoms with Crippen LogP contribution in [-0.4, -0.2) is 57.8 Å². The number of aromatic nitrogens is 1. The molecule has 1 aromatic heterocycles. The molecule has 2 atom stereocenters. The van der Waals surface area contributed by atoms with Crippen LogP contribution in [0.5, 0.6) is 5.88 Å². The average molecular weight is 266 g/mol. The number of pyridine rings is 1. The summed E-state index contributed by atoms with van der Waals surface area (Å²) < 4.78 is 4.88. The van der Waals surface area contributed by atoms with E-state index in [0.717, 1.165) is 4.90 Å². The van der Waals surface area contributed by atoms with E-state index in [1.165, 1.54) is 25.4 Å². The summed E-state index contributed by atoms with van der Waals surface area (Å²) in [5.74, 6) is -1.21. The van der Waals surface area contributed by atoms with Gasteiger partial charge in [-0.2, -0.15) is 0 Å². The monoisotopic (exact) mass is 266 g/mol. The van der Waals surface area contributed by atoms with Crippen molar-refractivity contribution >= 4 is 11.9 Å². The highest BCUT2D eigenvalue weighted by Gasteiger charge is 2.39. The zero-order valence-electron chi connectivity index (χ0n) is 10.3. The van der Waals surface area contributed by atoms with Crippen molar-refractivity contribution in [3.05, 3.63) is 23.9 Å². The molecule has 0 aromatic carbocycles. The molecule has 0 unspecified atom stereocenters. The number of ether oxygens (including phenoxy) is 1. The molecule has 1 aromatic rings. The topological polar surface area (TPSA) is 100.0 Å². The van der Waals surface area contributed by atoms with Gasteiger partial charge in [-0.3, -0.25) is 4.79 Å². The molecule has 1 amide bonds. The molecule has 0 radical (unpaired) electrons. The van der Waals surface area contributed by atoms with Gasteiger partial charge in [-0.1, -0.05) is 0 Å². The lowest BCUT2D eigenvalue weighted by Gasteiger charge is -2.20. The number of carboxylic acid groups (broad SMARTS) is 1. The van der Waals surface area contributed by atoms with E-state index >= 15 is 0 Å². The van der Waals surface area contributed by atoms with Gasteiger partial charge in [-0.15, -0.1) is 0 Å². The van der Waals surface area contributed by atoms with Crippen LogP contribution in [-0.2, 0) is 4.79 Å². The van der Waals surface area contributed by atoms with Gasteiger partial charge in [0.25, 0.3) is 5.91 Å². The molecule has 2 rings (SSSR count). The number of aliphatic carboxylic acids is 1. The lowest BCUT2D eigenvalue weighted by atomic mass is 10.2. The molecule has 0 saturated carbocycles. The summed E-state index contributed by atoms with van der Waals surface area (Å²) in [6.07, 6.45) is 0.561. The number of carbonyl (C=O) groups is 2. The Morgan fingerprint density at radius 2 is 2.21 bits per heavy atom. The lowest BCUT2D eigenvalue weighted by Crippen LogP contribution is -2.40. The summed E-state index contributed by atoms with van der Waals surface area (Å²) in [6.45, 7) is 0.0157. The molecule has 7 nitrogen and oxygen atoms in total. The van der Waals surface area contributed by atoms with Crippen molar-refractivity contribution in [3.8, 4) is 5.88 Å². The minimum Gasteiger partial charge on any atom is -0.481 e. The second kappa shape index (κ2) is 5.23. The molecule has 0 bridgehead atoms. The van der Waals surface area contributed by atoms with Crippen LogP contribution in [0.3, 0.4) is 0 Å². The number of rotatable bonds is 3. The number of nitrogens with zero attached hydrogens (tertiary/aromatic N) is 2. The lowest BCUT2D eigenvalue weighted by molar-refractivity contribution is -0.141. The van der Waals surface area contributed by atoms with Crippen LogP contribution in [0, 0.1) is 0 Å². The molecule has 1 aliphatic heterocycles. The third-order valence-electron chi connectivity index (χ3n) is 3.02. The van der Waals surface area contributed by atoms with Gasteiger partial charge in [0.2, 0.25) is 5.88 Å². The zero-order valence-corrected chi connectivity index (χ0v) is 10.3. The second-order valence-electron chi connectivity index (χ2n) is 4.29. The molecular formula is C12H14N2O5. The van der Waals surface area contributed by atoms with E-state index in [1.807, 2.05) is 0 Å². The molecule has 1 saturated heterocycles. The quantitative estimate of drug-likeness (QED) is 0.782. The first-order chi connectivity index (χ1) is 9.02. The third-order valence-corrected chi connectivity index (χ3v) is 3.02. The molecule has 102 valence electrons. The van der Waals surface area contributed by atoms with Gasteiger partial charge >= 0.3 is 5.97 Å². The number of hydrogen-bond acceptors (Lipinski definition) is 5. The van der Waals surface area contributed by atoms with E-state index < -0.39 is 24.0 Å². The van der Waals surface area contributed by atoms with Gasteiger partial charge in [-0.05, 0) is 6.07 Å². The largest absolute Gasteiger partial charge is 0.481 e. The first-order valence-corrected chi connectivity index (χ1v) is 5.75. The fourth-order valence-electron chi connectivity index (χ4n) is 2.07. The molecule has 19 heavy (non-hydrogen) atoms. The Morgan fingerprint density at radius 3 is 2.74 bits per heavy atom. The van der Waals surface area contributed by atoms with Crippen LogP contribution in [0.1, 0.15) is 16.8 Å². The van der Waals surface area contributed by atoms with Crippen LogP contribution < -0.4 is 4.74 Å². The summed E-state index contributed by atoms with van der Waals surface area (Å²) in [5.41, 5.74) is 0.265. The van der Waals surface area contributed by atoms with E-state index in [9.17, 15) is 14.7 Å². The molecule has 2 heterocycles. The Balaban J connectivity index is 2.20. The number of hydrogen-bond donors (Lipinski definition) is 2. The highest BCUT2D eigenvalue weighted by Crippen LogP contribution is 2.21. The maximum absolute atomic E-state index is 12.2. The van der Waals surface area contributed by atoms with Crippen molar-refractivity contribution in [2.24, 2.45) is 0 Å². The summed E-state index contributed by atoms with van der Waals surface area (Å²) >= 11 is 0. The van der Waals surface area contributed by atoms with Crippen molar-refractivity contribution < 1.29 is 24.5 Å². The number of amides is 1. The zero-order chi connectivity index (χ0) is 14.0. The van der Waals surface area contributed by atoms with Crippen LogP contribution in [0.4, 0.5) is 0 Å². The minimum atomic E-state index is -1.12. The number of methoxy groups -OCH3 is 1. The Bertz CT molecular complexity index is 487. The molecule has 0 spiro atoms. The molecule has 1 fully saturated rings. The van der Waals surface area contributed by atoms with Gasteiger partial charge in [0.05, 0.1) is 18.8 Å². The van der Waals surface area contributed by atoms with Crippen molar-refractivity contribution in [2.75, 3.05) is 13.7 Å². The van der Waals surface area contributed by atoms with Crippen molar-refractivity contribution in [2.45, 2.75) is 18.6 Å². The first-order valence-electron chi connectivity index (χ1n) is 5.75. The van der Waals surface area contributed by atoms with Crippen LogP contribution in [0.2, 0.25) is 0 Å². The van der Waals surface area contributed by atoms with Gasteiger partial charge in [0, 0.05) is 25.2 Å². The normalized spacial score (nSPS) is 22.3. The summed E-state index contributed by atoms with van der Waals surface area (Å²) in [4.78, 5) is 28.3. The van der Waals surface area contributed by atoms with Crippen molar-refractivity contribution in [1.82, 2.24) is 9.88 Å². The van der Waals surface area contributed by atoms with E-state index in [1.54, 1.807) is 0 Å². The second-order valence-corrected chi connectivity index (χ2v) is 4.29. The Hall–Kier alpha value is -2.15. The summed E-state index contributed by atoms with van der Waals surface area (Å²) in [5, 5.41) is 18.5. The Morgan fingerprint density at radius 1 is 1.47 bits per heavy atom. The van der Waals surface area contributed by atoms with Gasteiger partial charge in [-0.25, -0.2) is 9.78 Å². The number of aliphatic hydroxyl groups excluding tert-OH is 1. The SMILES string of the molecule is COc1ccc(C(=O)N2C[C@H](O)C[C@@H]2C(=O)O)cn1. The number of carboxylic acids is 1. The Kier molecular flexibility index (Phi) is 3.66. The predicted molar refractivity (Wildman–Crippen MR) is 63.9 cm³/mol. The highest BCUT2D eigenvalue weighted by atomic mass is 16.5. The maximum Gasteiger partial charge on any atom is 0.326 e. The standard InChI is InChI=1S/C12H14N2O5/c1-19-10-3-2-7(5-13-10)11(16)14-6-8(15)4-9(14)12(17)18/h2-3,5,8-9,15H,4,6H2,1H3,(H,17,18)/t8-,9-/m1/s1. The number of β-amino-alcohol motifs (C(OH)–C–C–N with tert-alkyl or cyclic N) is 1. The number of carbonyl (C=O) groups excluding carboxylic acids is 1. The average Bonchev–Trinajstić information content (AvgIpc) is 2.80. The maximum atomic E-state index is 12.2. The molecule has 2 N–H and O–H groups in total. The fraction of sp³-hybridized carbons (Fsp3) is 0.417. The van der Waals surface area contributed by atoms with Crippen LogP contribution in [0.25, 0.3) is 0 Å². The van der Waals surface area contributed by atoms with E-state index in [2.05, 4.69) is 4.98 Å². The minimum absolute atomic E-state index is 0.0157. The molecule has 1 aliphatic rings. The molecule has 7 heteroatoms. The van der Waals surface area contributed by atoms with Gasteiger partial charge in [0.1, 0.15) is 6.04 Å². The van der Waals surface area contributed by atoms with E-state index in [0.29, 0.717) is 5.88 Å². The van der Waals surface area contributed by atoms with E-state index in [-0.39, 0.29) is 18.5 Å². The molecule has 0 aliphatic carbocycles. The number of likely N-dealkylation sites (tertiary alicyclic amines) is 1. The van der Waals surface area contributed by atoms with Gasteiger partial charge in [0.15, 0.2) is 0 Å². The Labute approximate surface area is 109 Å². The first kappa shape index (κ1) is 13.3.